The average molecular weight is 354 g/mol. The maximum absolute atomic E-state index is 13.9. The monoisotopic (exact) mass is 354 g/mol. The smallest absolute Gasteiger partial charge is 0.384 e. The summed E-state index contributed by atoms with van der Waals surface area (Å²) < 4.78 is 145. The predicted molar refractivity (Wildman–Crippen MR) is 49.5 cm³/mol. The highest BCUT2D eigenvalue weighted by Crippen LogP contribution is 2.70. The summed E-state index contributed by atoms with van der Waals surface area (Å²) in [6, 6.07) is 0. The summed E-state index contributed by atoms with van der Waals surface area (Å²) >= 11 is 0. The lowest BCUT2D eigenvalue weighted by molar-refractivity contribution is -0.485. The van der Waals surface area contributed by atoms with Crippen LogP contribution in [0.4, 0.5) is 48.3 Å². The molecule has 0 spiro atoms. The summed E-state index contributed by atoms with van der Waals surface area (Å²) in [6.07, 6.45) is -4.06. The molecule has 0 aliphatic heterocycles. The van der Waals surface area contributed by atoms with Gasteiger partial charge in [-0.25, -0.2) is 4.39 Å². The van der Waals surface area contributed by atoms with Crippen molar-refractivity contribution in [3.05, 3.63) is 0 Å². The fourth-order valence-electron chi connectivity index (χ4n) is 2.08. The van der Waals surface area contributed by atoms with E-state index in [0.29, 0.717) is 0 Å². The van der Waals surface area contributed by atoms with Crippen LogP contribution in [0.25, 0.3) is 0 Å². The zero-order chi connectivity index (χ0) is 17.8. The van der Waals surface area contributed by atoms with Crippen molar-refractivity contribution in [2.45, 2.75) is 54.5 Å². The topological polar surface area (TPSA) is 20.2 Å². The molecule has 0 atom stereocenters. The molecule has 1 saturated carbocycles. The van der Waals surface area contributed by atoms with Crippen LogP contribution in [-0.4, -0.2) is 47.0 Å². The summed E-state index contributed by atoms with van der Waals surface area (Å²) in [5.41, 5.74) is -5.91. The van der Waals surface area contributed by atoms with E-state index in [2.05, 4.69) is 0 Å². The van der Waals surface area contributed by atoms with E-state index in [1.165, 1.54) is 0 Å². The molecule has 0 radical (unpaired) electrons. The molecule has 132 valence electrons. The highest BCUT2D eigenvalue weighted by Gasteiger charge is 3.00. The van der Waals surface area contributed by atoms with Crippen molar-refractivity contribution >= 4 is 0 Å². The zero-order valence-corrected chi connectivity index (χ0v) is 10.4. The van der Waals surface area contributed by atoms with E-state index in [9.17, 15) is 48.3 Å². The molecule has 0 aromatic carbocycles. The maximum atomic E-state index is 13.9. The first-order valence-corrected chi connectivity index (χ1v) is 5.75. The first-order chi connectivity index (χ1) is 9.56. The fourth-order valence-corrected chi connectivity index (χ4v) is 2.08. The molecule has 1 N–H and O–H groups in total. The fraction of sp³-hybridized carbons (Fsp3) is 1.00. The molecule has 0 bridgehead atoms. The van der Waals surface area contributed by atoms with E-state index in [4.69, 9.17) is 5.11 Å². The number of aliphatic hydroxyl groups excluding tert-OH is 1. The standard InChI is InChI=1S/C10H9F11O/c11-5(3-1-2-4-22)6(12,13)8(16,17)10(20,21)9(18,19)7(5,14)15/h22H,1-4H2. The summed E-state index contributed by atoms with van der Waals surface area (Å²) in [5, 5.41) is 8.31. The van der Waals surface area contributed by atoms with Crippen LogP contribution in [0.1, 0.15) is 19.3 Å². The van der Waals surface area contributed by atoms with Gasteiger partial charge in [0.25, 0.3) is 0 Å². The van der Waals surface area contributed by atoms with Crippen LogP contribution in [0.2, 0.25) is 0 Å². The van der Waals surface area contributed by atoms with Crippen molar-refractivity contribution in [2.24, 2.45) is 0 Å². The van der Waals surface area contributed by atoms with Gasteiger partial charge in [0, 0.05) is 6.61 Å². The quantitative estimate of drug-likeness (QED) is 0.597. The largest absolute Gasteiger partial charge is 0.396 e. The minimum absolute atomic E-state index is 0.661. The van der Waals surface area contributed by atoms with Gasteiger partial charge in [0.05, 0.1) is 0 Å². The van der Waals surface area contributed by atoms with E-state index in [1.54, 1.807) is 0 Å². The van der Waals surface area contributed by atoms with E-state index in [-0.39, 0.29) is 0 Å². The summed E-state index contributed by atoms with van der Waals surface area (Å²) in [4.78, 5) is 0. The molecule has 0 amide bonds. The third-order valence-corrected chi connectivity index (χ3v) is 3.50. The van der Waals surface area contributed by atoms with Crippen LogP contribution in [-0.2, 0) is 0 Å². The van der Waals surface area contributed by atoms with Crippen molar-refractivity contribution in [2.75, 3.05) is 6.61 Å². The van der Waals surface area contributed by atoms with Gasteiger partial charge in [0.15, 0.2) is 0 Å². The van der Waals surface area contributed by atoms with Crippen LogP contribution >= 0.6 is 0 Å². The Morgan fingerprint density at radius 2 is 0.818 bits per heavy atom. The molecule has 0 heterocycles. The number of alkyl halides is 11. The lowest BCUT2D eigenvalue weighted by Gasteiger charge is -2.52. The van der Waals surface area contributed by atoms with Crippen LogP contribution in [0.15, 0.2) is 0 Å². The number of aliphatic hydroxyl groups is 1. The third-order valence-electron chi connectivity index (χ3n) is 3.50. The second-order valence-electron chi connectivity index (χ2n) is 4.85. The number of hydrogen-bond acceptors (Lipinski definition) is 1. The first kappa shape index (κ1) is 19.2. The number of hydrogen-bond donors (Lipinski definition) is 1. The zero-order valence-electron chi connectivity index (χ0n) is 10.4. The lowest BCUT2D eigenvalue weighted by Crippen LogP contribution is -2.83. The highest BCUT2D eigenvalue weighted by atomic mass is 19.4. The maximum Gasteiger partial charge on any atom is 0.384 e. The van der Waals surface area contributed by atoms with Gasteiger partial charge in [-0.05, 0) is 19.3 Å². The van der Waals surface area contributed by atoms with Gasteiger partial charge in [-0.3, -0.25) is 0 Å². The third kappa shape index (κ3) is 1.81. The van der Waals surface area contributed by atoms with Gasteiger partial charge >= 0.3 is 29.6 Å². The Balaban J connectivity index is 3.55. The van der Waals surface area contributed by atoms with E-state index >= 15 is 0 Å². The van der Waals surface area contributed by atoms with Crippen molar-refractivity contribution in [3.8, 4) is 0 Å². The van der Waals surface area contributed by atoms with Crippen molar-refractivity contribution in [1.82, 2.24) is 0 Å². The Kier molecular flexibility index (Phi) is 4.23. The van der Waals surface area contributed by atoms with Gasteiger partial charge < -0.3 is 5.11 Å². The normalized spacial score (nSPS) is 30.0. The molecule has 0 aromatic rings. The molecule has 0 saturated heterocycles. The molecule has 0 aromatic heterocycles. The number of halogens is 11. The Morgan fingerprint density at radius 1 is 0.500 bits per heavy atom. The van der Waals surface area contributed by atoms with Crippen LogP contribution in [0, 0.1) is 0 Å². The SMILES string of the molecule is OCCCCC1(F)C(F)(F)C(F)(F)C(F)(F)C(F)(F)C1(F)F. The average Bonchev–Trinajstić information content (AvgIpc) is 2.36. The molecule has 12 heteroatoms. The molecule has 1 rings (SSSR count). The van der Waals surface area contributed by atoms with Gasteiger partial charge in [-0.15, -0.1) is 0 Å². The minimum atomic E-state index is -7.17. The summed E-state index contributed by atoms with van der Waals surface area (Å²) in [6.45, 7) is -0.865. The summed E-state index contributed by atoms with van der Waals surface area (Å²) in [5.74, 6) is -34.8. The van der Waals surface area contributed by atoms with E-state index in [1.807, 2.05) is 0 Å². The number of rotatable bonds is 4. The molecule has 1 nitrogen and oxygen atoms in total. The molecule has 0 unspecified atom stereocenters. The Bertz CT molecular complexity index is 401. The molecular formula is C10H9F11O. The second kappa shape index (κ2) is 4.84. The Labute approximate surface area is 116 Å². The minimum Gasteiger partial charge on any atom is -0.396 e. The molecule has 22 heavy (non-hydrogen) atoms. The van der Waals surface area contributed by atoms with Gasteiger partial charge in [-0.2, -0.15) is 43.9 Å². The van der Waals surface area contributed by atoms with Gasteiger partial charge in [0.2, 0.25) is 5.67 Å². The van der Waals surface area contributed by atoms with E-state index < -0.39 is 61.2 Å². The predicted octanol–water partition coefficient (Wildman–Crippen LogP) is 4.05. The molecular weight excluding hydrogens is 345 g/mol. The highest BCUT2D eigenvalue weighted by molar-refractivity contribution is 5.26. The molecule has 1 aliphatic rings. The van der Waals surface area contributed by atoms with Gasteiger partial charge in [0.1, 0.15) is 0 Å². The van der Waals surface area contributed by atoms with Gasteiger partial charge in [-0.1, -0.05) is 0 Å². The molecule has 1 aliphatic carbocycles. The number of unbranched alkanes of at least 4 members (excludes halogenated alkanes) is 1. The van der Waals surface area contributed by atoms with Crippen LogP contribution in [0.5, 0.6) is 0 Å². The molecule has 1 fully saturated rings. The first-order valence-electron chi connectivity index (χ1n) is 5.75. The van der Waals surface area contributed by atoms with Crippen LogP contribution in [0.3, 0.4) is 0 Å². The van der Waals surface area contributed by atoms with Crippen molar-refractivity contribution in [1.29, 1.82) is 0 Å². The van der Waals surface area contributed by atoms with Crippen LogP contribution < -0.4 is 0 Å². The lowest BCUT2D eigenvalue weighted by atomic mass is 9.70. The second-order valence-corrected chi connectivity index (χ2v) is 4.85. The summed E-state index contributed by atoms with van der Waals surface area (Å²) in [7, 11) is 0. The van der Waals surface area contributed by atoms with Crippen molar-refractivity contribution < 1.29 is 53.4 Å². The van der Waals surface area contributed by atoms with Crippen molar-refractivity contribution in [3.63, 3.8) is 0 Å². The Morgan fingerprint density at radius 3 is 1.14 bits per heavy atom. The Hall–Kier alpha value is -0.810. The van der Waals surface area contributed by atoms with E-state index in [0.717, 1.165) is 0 Å².